The van der Waals surface area contributed by atoms with Crippen LogP contribution in [0.2, 0.25) is 0 Å². The lowest BCUT2D eigenvalue weighted by Gasteiger charge is -2.10. The quantitative estimate of drug-likeness (QED) is 0.497. The molecule has 8 heavy (non-hydrogen) atoms. The van der Waals surface area contributed by atoms with Gasteiger partial charge in [0, 0.05) is 0 Å². The molecule has 0 bridgehead atoms. The molecule has 8 heteroatoms. The number of hydrogen-bond acceptors (Lipinski definition) is 0. The van der Waals surface area contributed by atoms with E-state index in [0.717, 1.165) is 0 Å². The molecule has 0 N–H and O–H groups in total. The third-order valence-electron chi connectivity index (χ3n) is 0.321. The van der Waals surface area contributed by atoms with Crippen molar-refractivity contribution >= 4 is 67.5 Å². The maximum Gasteiger partial charge on any atom is 0.464 e. The van der Waals surface area contributed by atoms with Gasteiger partial charge in [0.2, 0.25) is 0 Å². The summed E-state index contributed by atoms with van der Waals surface area (Å²) in [6.07, 6.45) is 0. The van der Waals surface area contributed by atoms with Crippen LogP contribution in [0, 0.1) is 0 Å². The van der Waals surface area contributed by atoms with E-state index >= 15 is 0 Å². The summed E-state index contributed by atoms with van der Waals surface area (Å²) in [5.41, 5.74) is -3.44. The van der Waals surface area contributed by atoms with Crippen LogP contribution in [-0.2, 0) is 0 Å². The number of halogens is 6. The Bertz CT molecular complexity index is 65.4. The maximum atomic E-state index is 12.2. The highest BCUT2D eigenvalue weighted by atomic mass is 35.9. The highest BCUT2D eigenvalue weighted by Crippen LogP contribution is 2.37. The third-order valence-corrected chi connectivity index (χ3v) is 20.2. The molecule has 0 aromatic rings. The van der Waals surface area contributed by atoms with Gasteiger partial charge in [-0.15, -0.1) is 55.4 Å². The Morgan fingerprint density at radius 1 is 0.875 bits per heavy atom. The zero-order chi connectivity index (χ0) is 7.00. The molecule has 0 fully saturated rings. The van der Waals surface area contributed by atoms with Gasteiger partial charge in [0.25, 0.3) is 0 Å². The van der Waals surface area contributed by atoms with E-state index in [9.17, 15) is 4.11 Å². The lowest BCUT2D eigenvalue weighted by molar-refractivity contribution is 0.873. The fourth-order valence-electron chi connectivity index (χ4n) is 0. The summed E-state index contributed by atoms with van der Waals surface area (Å²) in [6, 6.07) is 0. The van der Waals surface area contributed by atoms with Crippen molar-refractivity contribution in [2.75, 3.05) is 0 Å². The summed E-state index contributed by atoms with van der Waals surface area (Å²) in [5.74, 6) is 0. The molecule has 0 radical (unpaired) electrons. The molecular formula is Cl5FSi2. The van der Waals surface area contributed by atoms with Crippen LogP contribution in [0.25, 0.3) is 0 Å². The van der Waals surface area contributed by atoms with Crippen molar-refractivity contribution in [1.29, 1.82) is 0 Å². The largest absolute Gasteiger partial charge is 0.464 e. The third kappa shape index (κ3) is 3.10. The van der Waals surface area contributed by atoms with E-state index in [1.54, 1.807) is 0 Å². The molecule has 0 aliphatic rings. The first-order valence-corrected chi connectivity index (χ1v) is 11.3. The predicted molar refractivity (Wildman–Crippen MR) is 41.9 cm³/mol. The standard InChI is InChI=1S/Cl5FSi2/c1-7(2,3)8(4,5)6. The zero-order valence-electron chi connectivity index (χ0n) is 3.27. The van der Waals surface area contributed by atoms with Crippen molar-refractivity contribution in [2.45, 2.75) is 0 Å². The molecule has 0 rings (SSSR count). The Morgan fingerprint density at radius 3 is 1.00 bits per heavy atom. The molecule has 0 aromatic heterocycles. The molecule has 0 spiro atoms. The van der Waals surface area contributed by atoms with Gasteiger partial charge in [-0.1, -0.05) is 0 Å². The summed E-state index contributed by atoms with van der Waals surface area (Å²) in [5, 5.41) is 0. The molecule has 50 valence electrons. The first-order chi connectivity index (χ1) is 3.25. The van der Waals surface area contributed by atoms with Crippen molar-refractivity contribution in [3.8, 4) is 0 Å². The van der Waals surface area contributed by atoms with Gasteiger partial charge < -0.3 is 0 Å². The van der Waals surface area contributed by atoms with Crippen molar-refractivity contribution in [1.82, 2.24) is 0 Å². The van der Waals surface area contributed by atoms with Gasteiger partial charge in [0.05, 0.1) is 0 Å². The SMILES string of the molecule is F[Si](Cl)(Cl)[Si](Cl)(Cl)Cl. The summed E-state index contributed by atoms with van der Waals surface area (Å²) < 4.78 is 12.2. The minimum atomic E-state index is -3.98. The van der Waals surface area contributed by atoms with Crippen LogP contribution in [-0.4, -0.2) is 12.1 Å². The lowest BCUT2D eigenvalue weighted by atomic mass is 18.9. The average Bonchev–Trinajstić information content (AvgIpc) is 1.25. The summed E-state index contributed by atoms with van der Waals surface area (Å²) in [6.45, 7) is -3.98. The normalized spacial score (nSPS) is 14.2. The van der Waals surface area contributed by atoms with E-state index in [0.29, 0.717) is 0 Å². The van der Waals surface area contributed by atoms with Crippen molar-refractivity contribution in [2.24, 2.45) is 0 Å². The minimum Gasteiger partial charge on any atom is -0.272 e. The second-order valence-electron chi connectivity index (χ2n) is 0.996. The topological polar surface area (TPSA) is 0 Å². The Balaban J connectivity index is 4.02. The van der Waals surface area contributed by atoms with Crippen molar-refractivity contribution < 1.29 is 4.11 Å². The van der Waals surface area contributed by atoms with Crippen molar-refractivity contribution in [3.63, 3.8) is 0 Å². The number of rotatable bonds is 1. The molecule has 0 saturated heterocycles. The molecule has 0 heterocycles. The van der Waals surface area contributed by atoms with Crippen LogP contribution in [0.4, 0.5) is 4.11 Å². The van der Waals surface area contributed by atoms with E-state index < -0.39 is 12.1 Å². The molecule has 0 unspecified atom stereocenters. The highest BCUT2D eigenvalue weighted by Gasteiger charge is 2.55. The monoisotopic (exact) mass is 250 g/mol. The van der Waals surface area contributed by atoms with Gasteiger partial charge in [-0.25, -0.2) is 0 Å². The van der Waals surface area contributed by atoms with E-state index in [1.165, 1.54) is 0 Å². The van der Waals surface area contributed by atoms with E-state index in [4.69, 9.17) is 55.4 Å². The Morgan fingerprint density at radius 2 is 1.00 bits per heavy atom. The summed E-state index contributed by atoms with van der Waals surface area (Å²) in [7, 11) is 0. The minimum absolute atomic E-state index is 3.44. The molecule has 0 nitrogen and oxygen atoms in total. The lowest BCUT2D eigenvalue weighted by Crippen LogP contribution is -2.37. The van der Waals surface area contributed by atoms with Crippen LogP contribution in [0.1, 0.15) is 0 Å². The fraction of sp³-hybridized carbons (Fsp3) is 0. The van der Waals surface area contributed by atoms with E-state index in [-0.39, 0.29) is 0 Å². The van der Waals surface area contributed by atoms with Crippen LogP contribution < -0.4 is 0 Å². The van der Waals surface area contributed by atoms with E-state index in [1.807, 2.05) is 0 Å². The second-order valence-corrected chi connectivity index (χ2v) is 22.6. The molecule has 0 atom stereocenters. The van der Waals surface area contributed by atoms with Gasteiger partial charge in [-0.3, -0.25) is 4.11 Å². The van der Waals surface area contributed by atoms with Crippen molar-refractivity contribution in [3.05, 3.63) is 0 Å². The summed E-state index contributed by atoms with van der Waals surface area (Å²) in [4.78, 5) is 0. The molecule has 0 aliphatic heterocycles. The van der Waals surface area contributed by atoms with Crippen LogP contribution in [0.5, 0.6) is 0 Å². The second kappa shape index (κ2) is 2.82. The predicted octanol–water partition coefficient (Wildman–Crippen LogP) is 3.11. The molecule has 0 aliphatic carbocycles. The molecule has 0 saturated carbocycles. The van der Waals surface area contributed by atoms with E-state index in [2.05, 4.69) is 0 Å². The Hall–Kier alpha value is 1.81. The fourth-order valence-corrected chi connectivity index (χ4v) is 0. The van der Waals surface area contributed by atoms with Crippen LogP contribution in [0.15, 0.2) is 0 Å². The molecule has 0 amide bonds. The first-order valence-electron chi connectivity index (χ1n) is 1.38. The first kappa shape index (κ1) is 9.81. The average molecular weight is 252 g/mol. The zero-order valence-corrected chi connectivity index (χ0v) is 9.05. The van der Waals surface area contributed by atoms with Gasteiger partial charge in [0.1, 0.15) is 0 Å². The Labute approximate surface area is 71.3 Å². The van der Waals surface area contributed by atoms with Gasteiger partial charge in [-0.05, 0) is 0 Å². The molecular weight excluding hydrogens is 252 g/mol. The summed E-state index contributed by atoms with van der Waals surface area (Å²) >= 11 is 25.1. The smallest absolute Gasteiger partial charge is 0.272 e. The van der Waals surface area contributed by atoms with Crippen LogP contribution >= 0.6 is 55.4 Å². The van der Waals surface area contributed by atoms with Gasteiger partial charge in [0.15, 0.2) is 0 Å². The van der Waals surface area contributed by atoms with Gasteiger partial charge >= 0.3 is 12.1 Å². The Kier molecular flexibility index (Phi) is 3.46. The van der Waals surface area contributed by atoms with Gasteiger partial charge in [-0.2, -0.15) is 0 Å². The molecule has 0 aromatic carbocycles. The number of hydrogen-bond donors (Lipinski definition) is 0. The maximum absolute atomic E-state index is 12.2. The van der Waals surface area contributed by atoms with Crippen LogP contribution in [0.3, 0.4) is 0 Å². The highest BCUT2D eigenvalue weighted by molar-refractivity contribution is 8.01.